The summed E-state index contributed by atoms with van der Waals surface area (Å²) in [6.07, 6.45) is 1.46. The molecule has 0 radical (unpaired) electrons. The molecule has 0 atom stereocenters. The predicted molar refractivity (Wildman–Crippen MR) is 119 cm³/mol. The van der Waals surface area contributed by atoms with Crippen molar-refractivity contribution in [1.82, 2.24) is 9.88 Å². The Morgan fingerprint density at radius 2 is 1.87 bits per heavy atom. The SMILES string of the molecule is Cc1ccc(NS(=O)(=O)c2ccc(CN3C(=O)c4cccnc4C3=O)s2)cc1N(C)C. The van der Waals surface area contributed by atoms with Gasteiger partial charge < -0.3 is 4.90 Å². The summed E-state index contributed by atoms with van der Waals surface area (Å²) in [6.45, 7) is 1.94. The maximum absolute atomic E-state index is 12.9. The number of thiophene rings is 1. The number of nitrogens with one attached hydrogen (secondary N) is 1. The Kier molecular flexibility index (Phi) is 5.28. The van der Waals surface area contributed by atoms with E-state index < -0.39 is 21.8 Å². The number of carbonyl (C=O) groups is 2. The molecule has 1 aromatic carbocycles. The van der Waals surface area contributed by atoms with Gasteiger partial charge in [0.15, 0.2) is 0 Å². The van der Waals surface area contributed by atoms with E-state index >= 15 is 0 Å². The Balaban J connectivity index is 1.53. The summed E-state index contributed by atoms with van der Waals surface area (Å²) in [6, 6.07) is 11.6. The van der Waals surface area contributed by atoms with Crippen LogP contribution in [0.15, 0.2) is 52.9 Å². The Bertz CT molecular complexity index is 1260. The van der Waals surface area contributed by atoms with E-state index in [1.807, 2.05) is 32.0 Å². The second kappa shape index (κ2) is 7.78. The minimum absolute atomic E-state index is 0.0104. The van der Waals surface area contributed by atoms with Gasteiger partial charge in [0.25, 0.3) is 21.8 Å². The smallest absolute Gasteiger partial charge is 0.280 e. The van der Waals surface area contributed by atoms with Gasteiger partial charge in [0.1, 0.15) is 9.90 Å². The summed E-state index contributed by atoms with van der Waals surface area (Å²) in [7, 11) is -0.0332. The first kappa shape index (κ1) is 21.0. The molecule has 3 aromatic rings. The Hall–Kier alpha value is -3.24. The molecule has 0 unspecified atom stereocenters. The van der Waals surface area contributed by atoms with Gasteiger partial charge in [-0.05, 0) is 48.9 Å². The second-order valence-electron chi connectivity index (χ2n) is 7.32. The number of carbonyl (C=O) groups excluding carboxylic acids is 2. The fourth-order valence-electron chi connectivity index (χ4n) is 3.36. The molecule has 1 aliphatic heterocycles. The third-order valence-corrected chi connectivity index (χ3v) is 7.83. The average Bonchev–Trinajstić information content (AvgIpc) is 3.30. The molecule has 0 aliphatic carbocycles. The maximum Gasteiger partial charge on any atom is 0.280 e. The van der Waals surface area contributed by atoms with Gasteiger partial charge in [-0.25, -0.2) is 8.42 Å². The number of hydrogen-bond donors (Lipinski definition) is 1. The molecule has 1 aliphatic rings. The zero-order chi connectivity index (χ0) is 22.3. The van der Waals surface area contributed by atoms with Gasteiger partial charge in [0, 0.05) is 30.9 Å². The van der Waals surface area contributed by atoms with E-state index in [1.165, 1.54) is 12.3 Å². The van der Waals surface area contributed by atoms with E-state index in [-0.39, 0.29) is 22.0 Å². The van der Waals surface area contributed by atoms with E-state index in [4.69, 9.17) is 0 Å². The topological polar surface area (TPSA) is 99.7 Å². The molecular formula is C21H20N4O4S2. The fraction of sp³-hybridized carbons (Fsp3) is 0.190. The van der Waals surface area contributed by atoms with Gasteiger partial charge in [0.2, 0.25) is 0 Å². The van der Waals surface area contributed by atoms with E-state index in [1.54, 1.807) is 30.3 Å². The molecular weight excluding hydrogens is 436 g/mol. The summed E-state index contributed by atoms with van der Waals surface area (Å²) in [5.41, 5.74) is 2.77. The van der Waals surface area contributed by atoms with Crippen molar-refractivity contribution in [3.63, 3.8) is 0 Å². The van der Waals surface area contributed by atoms with Crippen LogP contribution >= 0.6 is 11.3 Å². The Morgan fingerprint density at radius 1 is 1.10 bits per heavy atom. The second-order valence-corrected chi connectivity index (χ2v) is 10.4. The molecule has 10 heteroatoms. The zero-order valence-electron chi connectivity index (χ0n) is 17.1. The highest BCUT2D eigenvalue weighted by Gasteiger charge is 2.36. The Labute approximate surface area is 184 Å². The Morgan fingerprint density at radius 3 is 2.58 bits per heavy atom. The fourth-order valence-corrected chi connectivity index (χ4v) is 5.76. The van der Waals surface area contributed by atoms with Gasteiger partial charge in [0.05, 0.1) is 17.8 Å². The number of aryl methyl sites for hydroxylation is 1. The quantitative estimate of drug-likeness (QED) is 0.572. The molecule has 3 heterocycles. The molecule has 8 nitrogen and oxygen atoms in total. The number of anilines is 2. The van der Waals surface area contributed by atoms with Gasteiger partial charge in [-0.1, -0.05) is 6.07 Å². The van der Waals surface area contributed by atoms with Crippen molar-refractivity contribution in [1.29, 1.82) is 0 Å². The molecule has 0 saturated carbocycles. The van der Waals surface area contributed by atoms with Crippen LogP contribution in [-0.2, 0) is 16.6 Å². The molecule has 1 N–H and O–H groups in total. The molecule has 31 heavy (non-hydrogen) atoms. The van der Waals surface area contributed by atoms with Crippen molar-refractivity contribution in [2.75, 3.05) is 23.7 Å². The van der Waals surface area contributed by atoms with Crippen LogP contribution in [0.2, 0.25) is 0 Å². The van der Waals surface area contributed by atoms with Crippen molar-refractivity contribution >= 4 is 44.5 Å². The number of aromatic nitrogens is 1. The first-order valence-corrected chi connectivity index (χ1v) is 11.7. The minimum Gasteiger partial charge on any atom is -0.377 e. The summed E-state index contributed by atoms with van der Waals surface area (Å²) in [5.74, 6) is -0.910. The normalized spacial score (nSPS) is 13.5. The van der Waals surface area contributed by atoms with E-state index in [9.17, 15) is 18.0 Å². The average molecular weight is 457 g/mol. The number of benzene rings is 1. The highest BCUT2D eigenvalue weighted by molar-refractivity contribution is 7.94. The predicted octanol–water partition coefficient (Wildman–Crippen LogP) is 3.11. The largest absolute Gasteiger partial charge is 0.377 e. The molecule has 0 bridgehead atoms. The van der Waals surface area contributed by atoms with Crippen LogP contribution in [-0.4, -0.2) is 44.2 Å². The third kappa shape index (κ3) is 3.91. The summed E-state index contributed by atoms with van der Waals surface area (Å²) >= 11 is 1.01. The van der Waals surface area contributed by atoms with Crippen molar-refractivity contribution < 1.29 is 18.0 Å². The lowest BCUT2D eigenvalue weighted by Crippen LogP contribution is -2.28. The molecule has 4 rings (SSSR count). The number of hydrogen-bond acceptors (Lipinski definition) is 7. The number of amides is 2. The molecule has 2 amide bonds. The van der Waals surface area contributed by atoms with Crippen LogP contribution in [0.5, 0.6) is 0 Å². The van der Waals surface area contributed by atoms with Crippen molar-refractivity contribution in [3.8, 4) is 0 Å². The number of sulfonamides is 1. The highest BCUT2D eigenvalue weighted by Crippen LogP contribution is 2.29. The molecule has 160 valence electrons. The van der Waals surface area contributed by atoms with Gasteiger partial charge in [-0.3, -0.25) is 24.2 Å². The van der Waals surface area contributed by atoms with Gasteiger partial charge in [-0.2, -0.15) is 0 Å². The zero-order valence-corrected chi connectivity index (χ0v) is 18.8. The number of nitrogens with zero attached hydrogens (tertiary/aromatic N) is 3. The van der Waals surface area contributed by atoms with Crippen LogP contribution in [0.4, 0.5) is 11.4 Å². The summed E-state index contributed by atoms with van der Waals surface area (Å²) < 4.78 is 28.4. The van der Waals surface area contributed by atoms with Crippen molar-refractivity contribution in [2.45, 2.75) is 17.7 Å². The van der Waals surface area contributed by atoms with Crippen molar-refractivity contribution in [3.05, 3.63) is 70.4 Å². The third-order valence-electron chi connectivity index (χ3n) is 4.89. The molecule has 0 spiro atoms. The number of imide groups is 1. The highest BCUT2D eigenvalue weighted by atomic mass is 32.2. The maximum atomic E-state index is 12.9. The first-order valence-electron chi connectivity index (χ1n) is 9.38. The van der Waals surface area contributed by atoms with Crippen LogP contribution in [0.25, 0.3) is 0 Å². The van der Waals surface area contributed by atoms with Crippen LogP contribution < -0.4 is 9.62 Å². The van der Waals surface area contributed by atoms with E-state index in [0.717, 1.165) is 27.5 Å². The van der Waals surface area contributed by atoms with E-state index in [0.29, 0.717) is 10.6 Å². The van der Waals surface area contributed by atoms with Crippen LogP contribution in [0, 0.1) is 6.92 Å². The molecule has 2 aromatic heterocycles. The minimum atomic E-state index is -3.81. The number of pyridine rings is 1. The lowest BCUT2D eigenvalue weighted by Gasteiger charge is -2.17. The van der Waals surface area contributed by atoms with Gasteiger partial charge in [-0.15, -0.1) is 11.3 Å². The van der Waals surface area contributed by atoms with Crippen molar-refractivity contribution in [2.24, 2.45) is 0 Å². The van der Waals surface area contributed by atoms with E-state index in [2.05, 4.69) is 9.71 Å². The standard InChI is InChI=1S/C21H20N4O4S2/c1-13-6-7-14(11-17(13)24(2)3)23-31(28,29)18-9-8-15(30-18)12-25-20(26)16-5-4-10-22-19(16)21(25)27/h4-11,23H,12H2,1-3H3. The monoisotopic (exact) mass is 456 g/mol. The van der Waals surface area contributed by atoms with Crippen LogP contribution in [0.1, 0.15) is 31.3 Å². The summed E-state index contributed by atoms with van der Waals surface area (Å²) in [5, 5.41) is 0. The van der Waals surface area contributed by atoms with Gasteiger partial charge >= 0.3 is 0 Å². The lowest BCUT2D eigenvalue weighted by molar-refractivity contribution is 0.0642. The molecule has 0 fully saturated rings. The molecule has 0 saturated heterocycles. The van der Waals surface area contributed by atoms with Crippen LogP contribution in [0.3, 0.4) is 0 Å². The lowest BCUT2D eigenvalue weighted by atomic mass is 10.2. The summed E-state index contributed by atoms with van der Waals surface area (Å²) in [4.78, 5) is 32.5. The number of fused-ring (bicyclic) bond motifs is 1. The number of rotatable bonds is 6. The first-order chi connectivity index (χ1) is 14.7.